The Bertz CT molecular complexity index is 1020. The molecule has 0 aliphatic rings. The summed E-state index contributed by atoms with van der Waals surface area (Å²) in [5, 5.41) is 0. The number of esters is 2. The van der Waals surface area contributed by atoms with E-state index in [1.807, 2.05) is 30.3 Å². The minimum atomic E-state index is -2.10. The number of hydrogen-bond donors (Lipinski definition) is 1. The molecule has 2 N–H and O–H groups in total. The molecule has 0 unspecified atom stereocenters. The van der Waals surface area contributed by atoms with Crippen molar-refractivity contribution in [3.05, 3.63) is 59.7 Å². The second kappa shape index (κ2) is 11.0. The molecule has 0 saturated heterocycles. The van der Waals surface area contributed by atoms with E-state index in [1.165, 1.54) is 11.0 Å². The van der Waals surface area contributed by atoms with Crippen LogP contribution in [0.3, 0.4) is 0 Å². The molecule has 2 aromatic carbocycles. The molecule has 0 aliphatic heterocycles. The third kappa shape index (κ3) is 7.21. The highest BCUT2D eigenvalue weighted by atomic mass is 16.6. The summed E-state index contributed by atoms with van der Waals surface area (Å²) in [6.07, 6.45) is -0.874. The summed E-state index contributed by atoms with van der Waals surface area (Å²) < 4.78 is 21.5. The van der Waals surface area contributed by atoms with Crippen LogP contribution in [0.5, 0.6) is 11.5 Å². The Morgan fingerprint density at radius 1 is 0.912 bits per heavy atom. The van der Waals surface area contributed by atoms with Crippen molar-refractivity contribution < 1.29 is 33.3 Å². The van der Waals surface area contributed by atoms with Crippen molar-refractivity contribution in [2.75, 3.05) is 21.2 Å². The average molecular weight is 473 g/mol. The number of nitrogens with zero attached hydrogens (tertiary/aromatic N) is 1. The highest BCUT2D eigenvalue weighted by molar-refractivity contribution is 6.05. The molecule has 0 aromatic heterocycles. The van der Waals surface area contributed by atoms with Crippen LogP contribution in [0.2, 0.25) is 0 Å². The van der Waals surface area contributed by atoms with Crippen LogP contribution in [-0.2, 0) is 32.1 Å². The maximum atomic E-state index is 12.8. The fraction of sp³-hybridized carbons (Fsp3) is 0.400. The van der Waals surface area contributed by atoms with Crippen molar-refractivity contribution in [1.82, 2.24) is 4.90 Å². The van der Waals surface area contributed by atoms with Crippen molar-refractivity contribution in [3.63, 3.8) is 0 Å². The lowest BCUT2D eigenvalue weighted by Crippen LogP contribution is -2.59. The van der Waals surface area contributed by atoms with Crippen LogP contribution in [0.15, 0.2) is 48.5 Å². The van der Waals surface area contributed by atoms with Crippen LogP contribution in [0.4, 0.5) is 4.79 Å². The maximum Gasteiger partial charge on any atom is 0.414 e. The SMILES string of the molecule is COC(=O)[C@@](N)(Cc1ccc(OCc2ccccc2)c(OC(=O)N(C)C)c1)C(=O)OC(C)(C)C. The Balaban J connectivity index is 2.38. The number of carbonyl (C=O) groups is 3. The highest BCUT2D eigenvalue weighted by Crippen LogP contribution is 2.31. The highest BCUT2D eigenvalue weighted by Gasteiger charge is 2.46. The lowest BCUT2D eigenvalue weighted by atomic mass is 9.91. The summed E-state index contributed by atoms with van der Waals surface area (Å²) in [7, 11) is 4.22. The van der Waals surface area contributed by atoms with Gasteiger partial charge in [0.2, 0.25) is 5.54 Å². The first kappa shape index (κ1) is 26.7. The molecule has 9 nitrogen and oxygen atoms in total. The zero-order valence-corrected chi connectivity index (χ0v) is 20.4. The van der Waals surface area contributed by atoms with Gasteiger partial charge in [0, 0.05) is 20.5 Å². The van der Waals surface area contributed by atoms with Crippen LogP contribution in [-0.4, -0.2) is 55.3 Å². The Morgan fingerprint density at radius 3 is 2.12 bits per heavy atom. The van der Waals surface area contributed by atoms with E-state index in [4.69, 9.17) is 24.7 Å². The molecule has 0 radical (unpaired) electrons. The fourth-order valence-electron chi connectivity index (χ4n) is 2.88. The van der Waals surface area contributed by atoms with E-state index in [9.17, 15) is 14.4 Å². The molecule has 0 heterocycles. The van der Waals surface area contributed by atoms with E-state index in [0.717, 1.165) is 12.7 Å². The molecule has 0 aliphatic carbocycles. The minimum Gasteiger partial charge on any atom is -0.485 e. The Hall–Kier alpha value is -3.59. The summed E-state index contributed by atoms with van der Waals surface area (Å²) in [6, 6.07) is 14.2. The van der Waals surface area contributed by atoms with Gasteiger partial charge in [-0.15, -0.1) is 0 Å². The lowest BCUT2D eigenvalue weighted by molar-refractivity contribution is -0.170. The third-order valence-corrected chi connectivity index (χ3v) is 4.60. The quantitative estimate of drug-likeness (QED) is 0.460. The number of amides is 1. The molecule has 9 heteroatoms. The fourth-order valence-corrected chi connectivity index (χ4v) is 2.88. The summed E-state index contributed by atoms with van der Waals surface area (Å²) in [4.78, 5) is 38.8. The Morgan fingerprint density at radius 2 is 1.56 bits per heavy atom. The molecule has 34 heavy (non-hydrogen) atoms. The number of benzene rings is 2. The first-order valence-electron chi connectivity index (χ1n) is 10.7. The van der Waals surface area contributed by atoms with Gasteiger partial charge in [-0.1, -0.05) is 36.4 Å². The number of rotatable bonds is 8. The van der Waals surface area contributed by atoms with E-state index in [2.05, 4.69) is 0 Å². The van der Waals surface area contributed by atoms with Crippen molar-refractivity contribution in [2.24, 2.45) is 5.73 Å². The third-order valence-electron chi connectivity index (χ3n) is 4.60. The molecule has 184 valence electrons. The standard InChI is InChI=1S/C25H32N2O7/c1-24(2,3)34-22(29)25(26,21(28)31-6)15-18-12-13-19(20(14-18)33-23(30)27(4)5)32-16-17-10-8-7-9-11-17/h7-14H,15-16,26H2,1-6H3/t25-/m0/s1. The average Bonchev–Trinajstić information content (AvgIpc) is 2.77. The number of methoxy groups -OCH3 is 1. The largest absolute Gasteiger partial charge is 0.485 e. The molecule has 0 saturated carbocycles. The topological polar surface area (TPSA) is 117 Å². The predicted octanol–water partition coefficient (Wildman–Crippen LogP) is 3.08. The first-order valence-corrected chi connectivity index (χ1v) is 10.7. The first-order chi connectivity index (χ1) is 15.9. The summed E-state index contributed by atoms with van der Waals surface area (Å²) in [5.41, 5.74) is 4.61. The molecular weight excluding hydrogens is 440 g/mol. The molecule has 1 amide bonds. The second-order valence-electron chi connectivity index (χ2n) is 8.96. The monoisotopic (exact) mass is 472 g/mol. The zero-order chi connectivity index (χ0) is 25.5. The van der Waals surface area contributed by atoms with Gasteiger partial charge in [0.15, 0.2) is 11.5 Å². The van der Waals surface area contributed by atoms with Crippen LogP contribution < -0.4 is 15.2 Å². The number of ether oxygens (including phenoxy) is 4. The van der Waals surface area contributed by atoms with E-state index >= 15 is 0 Å². The van der Waals surface area contributed by atoms with Gasteiger partial charge >= 0.3 is 18.0 Å². The molecule has 2 rings (SSSR count). The van der Waals surface area contributed by atoms with Crippen LogP contribution in [0.1, 0.15) is 31.9 Å². The van der Waals surface area contributed by atoms with Gasteiger partial charge in [-0.3, -0.25) is 0 Å². The van der Waals surface area contributed by atoms with Gasteiger partial charge < -0.3 is 29.6 Å². The zero-order valence-electron chi connectivity index (χ0n) is 20.4. The molecule has 0 bridgehead atoms. The van der Waals surface area contributed by atoms with Gasteiger partial charge in [0.05, 0.1) is 7.11 Å². The van der Waals surface area contributed by atoms with Gasteiger partial charge in [-0.2, -0.15) is 0 Å². The van der Waals surface area contributed by atoms with E-state index in [1.54, 1.807) is 47.0 Å². The number of nitrogens with two attached hydrogens (primary N) is 1. The lowest BCUT2D eigenvalue weighted by Gasteiger charge is -2.29. The summed E-state index contributed by atoms with van der Waals surface area (Å²) in [6.45, 7) is 5.24. The van der Waals surface area contributed by atoms with Gasteiger partial charge in [-0.05, 0) is 44.0 Å². The van der Waals surface area contributed by atoms with E-state index in [-0.39, 0.29) is 18.8 Å². The molecule has 1 atom stereocenters. The Labute approximate surface area is 199 Å². The van der Waals surface area contributed by atoms with Gasteiger partial charge in [0.25, 0.3) is 0 Å². The van der Waals surface area contributed by atoms with Crippen molar-refractivity contribution >= 4 is 18.0 Å². The van der Waals surface area contributed by atoms with E-state index < -0.39 is 29.2 Å². The maximum absolute atomic E-state index is 12.8. The number of hydrogen-bond acceptors (Lipinski definition) is 8. The van der Waals surface area contributed by atoms with Gasteiger partial charge in [-0.25, -0.2) is 14.4 Å². The van der Waals surface area contributed by atoms with Crippen LogP contribution in [0, 0.1) is 0 Å². The van der Waals surface area contributed by atoms with Crippen LogP contribution in [0.25, 0.3) is 0 Å². The molecular formula is C25H32N2O7. The Kier molecular flexibility index (Phi) is 8.64. The van der Waals surface area contributed by atoms with Crippen molar-refractivity contribution in [1.29, 1.82) is 0 Å². The number of carbonyl (C=O) groups excluding carboxylic acids is 3. The molecule has 0 spiro atoms. The van der Waals surface area contributed by atoms with Crippen LogP contribution >= 0.6 is 0 Å². The summed E-state index contributed by atoms with van der Waals surface area (Å²) in [5.74, 6) is -1.45. The minimum absolute atomic E-state index is 0.114. The van der Waals surface area contributed by atoms with Gasteiger partial charge in [0.1, 0.15) is 12.2 Å². The molecule has 0 fully saturated rings. The molecule has 2 aromatic rings. The van der Waals surface area contributed by atoms with Crippen molar-refractivity contribution in [2.45, 2.75) is 44.9 Å². The smallest absolute Gasteiger partial charge is 0.414 e. The predicted molar refractivity (Wildman–Crippen MR) is 125 cm³/mol. The second-order valence-corrected chi connectivity index (χ2v) is 8.96. The normalized spacial score (nSPS) is 12.8. The van der Waals surface area contributed by atoms with Crippen molar-refractivity contribution in [3.8, 4) is 11.5 Å². The summed E-state index contributed by atoms with van der Waals surface area (Å²) >= 11 is 0. The van der Waals surface area contributed by atoms with E-state index in [0.29, 0.717) is 11.3 Å².